The van der Waals surface area contributed by atoms with Crippen molar-refractivity contribution in [2.24, 2.45) is 0 Å². The van der Waals surface area contributed by atoms with Gasteiger partial charge in [-0.2, -0.15) is 5.10 Å². The summed E-state index contributed by atoms with van der Waals surface area (Å²) < 4.78 is 28.7. The van der Waals surface area contributed by atoms with Crippen LogP contribution in [-0.4, -0.2) is 38.3 Å². The summed E-state index contributed by atoms with van der Waals surface area (Å²) >= 11 is 0. The first-order chi connectivity index (χ1) is 12.3. The maximum atomic E-state index is 13.6. The Bertz CT molecular complexity index is 994. The number of hydrogen-bond acceptors (Lipinski definition) is 3. The van der Waals surface area contributed by atoms with Gasteiger partial charge in [-0.3, -0.25) is 9.48 Å². The molecule has 1 aliphatic rings. The lowest BCUT2D eigenvalue weighted by atomic mass is 9.97. The lowest BCUT2D eigenvalue weighted by Gasteiger charge is -2.10. The first-order valence-corrected chi connectivity index (χ1v) is 8.28. The Balaban J connectivity index is 1.56. The molecule has 26 heavy (non-hydrogen) atoms. The molecule has 6 nitrogen and oxygen atoms in total. The van der Waals surface area contributed by atoms with Gasteiger partial charge in [-0.25, -0.2) is 8.78 Å². The number of carbonyl (C=O) groups excluding carboxylic acids is 1. The number of nitrogens with zero attached hydrogens (tertiary/aromatic N) is 2. The van der Waals surface area contributed by atoms with Crippen molar-refractivity contribution in [2.45, 2.75) is 31.2 Å². The van der Waals surface area contributed by atoms with Crippen molar-refractivity contribution in [3.05, 3.63) is 47.9 Å². The van der Waals surface area contributed by atoms with Crippen LogP contribution in [0.25, 0.3) is 10.9 Å². The largest absolute Gasteiger partial charge is 0.394 e. The molecule has 0 saturated heterocycles. The number of amides is 1. The summed E-state index contributed by atoms with van der Waals surface area (Å²) in [6, 6.07) is 6.81. The van der Waals surface area contributed by atoms with Gasteiger partial charge in [0.15, 0.2) is 0 Å². The van der Waals surface area contributed by atoms with Crippen LogP contribution in [0.4, 0.5) is 14.5 Å². The van der Waals surface area contributed by atoms with Gasteiger partial charge in [-0.05, 0) is 24.6 Å². The third-order valence-corrected chi connectivity index (χ3v) is 4.98. The van der Waals surface area contributed by atoms with Crippen LogP contribution in [-0.2, 0) is 12.0 Å². The molecule has 4 rings (SSSR count). The molecular weight excluding hydrogens is 342 g/mol. The van der Waals surface area contributed by atoms with Crippen LogP contribution >= 0.6 is 0 Å². The number of rotatable bonds is 5. The van der Waals surface area contributed by atoms with Gasteiger partial charge in [-0.1, -0.05) is 12.1 Å². The minimum atomic E-state index is -2.68. The SMILES string of the molecule is CC1(c2ccc3cc(C(=O)Nc4cnn(CCO)c4)[nH]c3c2)CC1(F)F. The van der Waals surface area contributed by atoms with Crippen molar-refractivity contribution in [3.63, 3.8) is 0 Å². The minimum Gasteiger partial charge on any atom is -0.394 e. The summed E-state index contributed by atoms with van der Waals surface area (Å²) in [6.07, 6.45) is 2.95. The fraction of sp³-hybridized carbons (Fsp3) is 0.333. The van der Waals surface area contributed by atoms with E-state index in [1.807, 2.05) is 0 Å². The number of nitrogens with one attached hydrogen (secondary N) is 2. The second-order valence-corrected chi connectivity index (χ2v) is 6.87. The lowest BCUT2D eigenvalue weighted by Crippen LogP contribution is -2.12. The van der Waals surface area contributed by atoms with Crippen LogP contribution in [0.15, 0.2) is 36.7 Å². The number of anilines is 1. The zero-order chi connectivity index (χ0) is 18.5. The van der Waals surface area contributed by atoms with Crippen LogP contribution in [0, 0.1) is 0 Å². The summed E-state index contributed by atoms with van der Waals surface area (Å²) in [6.45, 7) is 1.85. The molecule has 1 aliphatic carbocycles. The number of benzene rings is 1. The molecule has 3 aromatic rings. The molecule has 1 fully saturated rings. The Labute approximate surface area is 147 Å². The van der Waals surface area contributed by atoms with Crippen molar-refractivity contribution in [1.29, 1.82) is 0 Å². The highest BCUT2D eigenvalue weighted by Crippen LogP contribution is 2.61. The average Bonchev–Trinajstić information content (AvgIpc) is 2.99. The Hall–Kier alpha value is -2.74. The maximum Gasteiger partial charge on any atom is 0.272 e. The second kappa shape index (κ2) is 5.63. The molecule has 0 radical (unpaired) electrons. The van der Waals surface area contributed by atoms with Crippen LogP contribution in [0.2, 0.25) is 0 Å². The number of hydrogen-bond donors (Lipinski definition) is 3. The molecule has 0 bridgehead atoms. The van der Waals surface area contributed by atoms with Crippen molar-refractivity contribution < 1.29 is 18.7 Å². The van der Waals surface area contributed by atoms with Gasteiger partial charge < -0.3 is 15.4 Å². The molecule has 136 valence electrons. The smallest absolute Gasteiger partial charge is 0.272 e. The van der Waals surface area contributed by atoms with Crippen LogP contribution < -0.4 is 5.32 Å². The zero-order valence-corrected chi connectivity index (χ0v) is 14.1. The van der Waals surface area contributed by atoms with Crippen molar-refractivity contribution in [3.8, 4) is 0 Å². The van der Waals surface area contributed by atoms with Crippen molar-refractivity contribution >= 4 is 22.5 Å². The third-order valence-electron chi connectivity index (χ3n) is 4.98. The lowest BCUT2D eigenvalue weighted by molar-refractivity contribution is 0.0920. The number of alkyl halides is 2. The second-order valence-electron chi connectivity index (χ2n) is 6.87. The van der Waals surface area contributed by atoms with Crippen molar-refractivity contribution in [2.75, 3.05) is 11.9 Å². The molecule has 1 saturated carbocycles. The first-order valence-electron chi connectivity index (χ1n) is 8.28. The van der Waals surface area contributed by atoms with Gasteiger partial charge in [-0.15, -0.1) is 0 Å². The fourth-order valence-corrected chi connectivity index (χ4v) is 3.16. The predicted octanol–water partition coefficient (Wildman–Crippen LogP) is 2.91. The molecule has 1 amide bonds. The van der Waals surface area contributed by atoms with E-state index in [2.05, 4.69) is 15.4 Å². The van der Waals surface area contributed by atoms with Gasteiger partial charge in [0.05, 0.1) is 30.5 Å². The number of H-pyrrole nitrogens is 1. The van der Waals surface area contributed by atoms with E-state index in [1.54, 1.807) is 37.4 Å². The average molecular weight is 360 g/mol. The zero-order valence-electron chi connectivity index (χ0n) is 14.1. The number of aliphatic hydroxyl groups excluding tert-OH is 1. The summed E-state index contributed by atoms with van der Waals surface area (Å²) in [5, 5.41) is 16.4. The molecule has 8 heteroatoms. The first kappa shape index (κ1) is 16.7. The number of aromatic nitrogens is 3. The summed E-state index contributed by atoms with van der Waals surface area (Å²) in [7, 11) is 0. The van der Waals surface area contributed by atoms with E-state index < -0.39 is 11.3 Å². The standard InChI is InChI=1S/C18H18F2N4O2/c1-17(10-18(17,19)20)12-3-2-11-6-15(23-14(11)7-12)16(26)22-13-8-21-24(9-13)4-5-25/h2-3,6-9,23,25H,4-5,10H2,1H3,(H,22,26). The molecule has 2 aromatic heterocycles. The highest BCUT2D eigenvalue weighted by Gasteiger charge is 2.68. The van der Waals surface area contributed by atoms with Gasteiger partial charge in [0, 0.05) is 23.5 Å². The normalized spacial score (nSPS) is 21.1. The third kappa shape index (κ3) is 2.66. The van der Waals surface area contributed by atoms with E-state index in [4.69, 9.17) is 5.11 Å². The number of carbonyl (C=O) groups is 1. The van der Waals surface area contributed by atoms with E-state index in [1.165, 1.54) is 10.9 Å². The minimum absolute atomic E-state index is 0.0443. The molecule has 0 aliphatic heterocycles. The number of halogens is 2. The Morgan fingerprint density at radius 1 is 1.42 bits per heavy atom. The van der Waals surface area contributed by atoms with Crippen LogP contribution in [0.5, 0.6) is 0 Å². The molecule has 3 N–H and O–H groups in total. The van der Waals surface area contributed by atoms with E-state index in [-0.39, 0.29) is 18.9 Å². The van der Waals surface area contributed by atoms with Crippen LogP contribution in [0.3, 0.4) is 0 Å². The van der Waals surface area contributed by atoms with Gasteiger partial charge in [0.25, 0.3) is 11.8 Å². The fourth-order valence-electron chi connectivity index (χ4n) is 3.16. The monoisotopic (exact) mass is 360 g/mol. The van der Waals surface area contributed by atoms with E-state index in [0.29, 0.717) is 29.0 Å². The van der Waals surface area contributed by atoms with Gasteiger partial charge in [0.1, 0.15) is 5.69 Å². The highest BCUT2D eigenvalue weighted by atomic mass is 19.3. The summed E-state index contributed by atoms with van der Waals surface area (Å²) in [5.74, 6) is -3.03. The molecule has 1 aromatic carbocycles. The Kier molecular flexibility index (Phi) is 3.62. The number of aromatic amines is 1. The Morgan fingerprint density at radius 3 is 2.88 bits per heavy atom. The number of aliphatic hydroxyl groups is 1. The molecule has 2 heterocycles. The van der Waals surface area contributed by atoms with Gasteiger partial charge >= 0.3 is 0 Å². The van der Waals surface area contributed by atoms with Crippen LogP contribution in [0.1, 0.15) is 29.4 Å². The topological polar surface area (TPSA) is 82.9 Å². The quantitative estimate of drug-likeness (QED) is 0.654. The van der Waals surface area contributed by atoms with Crippen molar-refractivity contribution in [1.82, 2.24) is 14.8 Å². The molecule has 1 unspecified atom stereocenters. The summed E-state index contributed by atoms with van der Waals surface area (Å²) in [5.41, 5.74) is 0.921. The maximum absolute atomic E-state index is 13.6. The van der Waals surface area contributed by atoms with E-state index in [0.717, 1.165) is 5.39 Å². The number of fused-ring (bicyclic) bond motifs is 1. The van der Waals surface area contributed by atoms with E-state index >= 15 is 0 Å². The predicted molar refractivity (Wildman–Crippen MR) is 92.5 cm³/mol. The van der Waals surface area contributed by atoms with E-state index in [9.17, 15) is 13.6 Å². The Morgan fingerprint density at radius 2 is 2.19 bits per heavy atom. The van der Waals surface area contributed by atoms with Gasteiger partial charge in [0.2, 0.25) is 0 Å². The molecule has 1 atom stereocenters. The highest BCUT2D eigenvalue weighted by molar-refractivity contribution is 6.05. The molecule has 0 spiro atoms. The summed E-state index contributed by atoms with van der Waals surface area (Å²) in [4.78, 5) is 15.4. The molecular formula is C18H18F2N4O2.